The Labute approximate surface area is 115 Å². The molecule has 0 bridgehead atoms. The molecule has 1 saturated heterocycles. The molecule has 1 aromatic carbocycles. The summed E-state index contributed by atoms with van der Waals surface area (Å²) < 4.78 is 12.9. The summed E-state index contributed by atoms with van der Waals surface area (Å²) >= 11 is 0. The van der Waals surface area contributed by atoms with Gasteiger partial charge in [-0.15, -0.1) is 0 Å². The summed E-state index contributed by atoms with van der Waals surface area (Å²) in [4.78, 5) is 2.50. The van der Waals surface area contributed by atoms with Gasteiger partial charge in [-0.25, -0.2) is 4.39 Å². The van der Waals surface area contributed by atoms with Gasteiger partial charge in [-0.2, -0.15) is 0 Å². The van der Waals surface area contributed by atoms with Crippen molar-refractivity contribution in [1.82, 2.24) is 10.2 Å². The Morgan fingerprint density at radius 3 is 2.58 bits per heavy atom. The highest BCUT2D eigenvalue weighted by atomic mass is 19.1. The summed E-state index contributed by atoms with van der Waals surface area (Å²) in [6.07, 6.45) is 3.99. The number of benzene rings is 1. The van der Waals surface area contributed by atoms with Gasteiger partial charge in [-0.3, -0.25) is 4.90 Å². The van der Waals surface area contributed by atoms with Crippen molar-refractivity contribution in [2.75, 3.05) is 13.1 Å². The van der Waals surface area contributed by atoms with Gasteiger partial charge in [0.25, 0.3) is 0 Å². The van der Waals surface area contributed by atoms with E-state index in [1.165, 1.54) is 24.8 Å². The molecule has 3 heteroatoms. The van der Waals surface area contributed by atoms with Crippen LogP contribution in [0.5, 0.6) is 0 Å². The fourth-order valence-corrected chi connectivity index (χ4v) is 3.14. The molecule has 0 amide bonds. The number of hydrogen-bond acceptors (Lipinski definition) is 2. The van der Waals surface area contributed by atoms with Crippen molar-refractivity contribution in [3.63, 3.8) is 0 Å². The molecule has 3 rings (SSSR count). The molecule has 0 aromatic heterocycles. The van der Waals surface area contributed by atoms with E-state index in [4.69, 9.17) is 0 Å². The highest BCUT2D eigenvalue weighted by Gasteiger charge is 2.29. The molecule has 1 heterocycles. The highest BCUT2D eigenvalue weighted by Crippen LogP contribution is 2.24. The van der Waals surface area contributed by atoms with Crippen LogP contribution >= 0.6 is 0 Å². The lowest BCUT2D eigenvalue weighted by Crippen LogP contribution is -2.48. The van der Waals surface area contributed by atoms with E-state index in [2.05, 4.69) is 17.1 Å². The Morgan fingerprint density at radius 1 is 1.16 bits per heavy atom. The third-order valence-corrected chi connectivity index (χ3v) is 4.10. The maximum atomic E-state index is 12.9. The molecule has 1 aliphatic heterocycles. The SMILES string of the molecule is CC1CC(NC2CC2)CN(Cc2ccc(F)cc2)C1. The number of halogens is 1. The second-order valence-corrected chi connectivity index (χ2v) is 6.30. The zero-order valence-electron chi connectivity index (χ0n) is 11.6. The Kier molecular flexibility index (Phi) is 3.85. The van der Waals surface area contributed by atoms with Crippen molar-refractivity contribution in [2.24, 2.45) is 5.92 Å². The molecule has 1 saturated carbocycles. The van der Waals surface area contributed by atoms with Gasteiger partial charge < -0.3 is 5.32 Å². The number of rotatable bonds is 4. The third-order valence-electron chi connectivity index (χ3n) is 4.10. The summed E-state index contributed by atoms with van der Waals surface area (Å²) in [5.41, 5.74) is 1.21. The fraction of sp³-hybridized carbons (Fsp3) is 0.625. The fourth-order valence-electron chi connectivity index (χ4n) is 3.14. The van der Waals surface area contributed by atoms with E-state index in [0.717, 1.165) is 31.6 Å². The van der Waals surface area contributed by atoms with Gasteiger partial charge in [0, 0.05) is 31.7 Å². The highest BCUT2D eigenvalue weighted by molar-refractivity contribution is 5.16. The number of nitrogens with zero attached hydrogens (tertiary/aromatic N) is 1. The van der Waals surface area contributed by atoms with Crippen LogP contribution < -0.4 is 5.32 Å². The molecule has 104 valence electrons. The van der Waals surface area contributed by atoms with E-state index < -0.39 is 0 Å². The van der Waals surface area contributed by atoms with Gasteiger partial charge in [0.15, 0.2) is 0 Å². The van der Waals surface area contributed by atoms with Gasteiger partial charge in [-0.1, -0.05) is 19.1 Å². The number of hydrogen-bond donors (Lipinski definition) is 1. The quantitative estimate of drug-likeness (QED) is 0.897. The van der Waals surface area contributed by atoms with Crippen molar-refractivity contribution < 1.29 is 4.39 Å². The molecule has 2 aliphatic rings. The van der Waals surface area contributed by atoms with Gasteiger partial charge in [0.1, 0.15) is 5.82 Å². The molecular weight excluding hydrogens is 239 g/mol. The molecule has 2 fully saturated rings. The summed E-state index contributed by atoms with van der Waals surface area (Å²) in [7, 11) is 0. The molecule has 1 N–H and O–H groups in total. The minimum Gasteiger partial charge on any atom is -0.310 e. The minimum absolute atomic E-state index is 0.149. The van der Waals surface area contributed by atoms with Gasteiger partial charge in [0.05, 0.1) is 0 Å². The van der Waals surface area contributed by atoms with Crippen molar-refractivity contribution in [3.8, 4) is 0 Å². The Morgan fingerprint density at radius 2 is 1.89 bits per heavy atom. The first-order chi connectivity index (χ1) is 9.19. The Balaban J connectivity index is 1.57. The lowest BCUT2D eigenvalue weighted by atomic mass is 9.95. The first-order valence-electron chi connectivity index (χ1n) is 7.42. The largest absolute Gasteiger partial charge is 0.310 e. The molecule has 0 spiro atoms. The van der Waals surface area contributed by atoms with Crippen LogP contribution in [0.25, 0.3) is 0 Å². The minimum atomic E-state index is -0.149. The molecular formula is C16H23FN2. The summed E-state index contributed by atoms with van der Waals surface area (Å²) in [5.74, 6) is 0.592. The van der Waals surface area contributed by atoms with E-state index in [-0.39, 0.29) is 5.82 Å². The Bertz CT molecular complexity index is 411. The van der Waals surface area contributed by atoms with E-state index >= 15 is 0 Å². The second-order valence-electron chi connectivity index (χ2n) is 6.30. The lowest BCUT2D eigenvalue weighted by molar-refractivity contribution is 0.141. The summed E-state index contributed by atoms with van der Waals surface area (Å²) in [6, 6.07) is 8.33. The van der Waals surface area contributed by atoms with Crippen LogP contribution in [0.3, 0.4) is 0 Å². The van der Waals surface area contributed by atoms with Crippen LogP contribution in [-0.2, 0) is 6.54 Å². The molecule has 1 aromatic rings. The van der Waals surface area contributed by atoms with Gasteiger partial charge in [-0.05, 0) is 42.9 Å². The zero-order chi connectivity index (χ0) is 13.2. The van der Waals surface area contributed by atoms with Crippen LogP contribution in [0.4, 0.5) is 4.39 Å². The Hall–Kier alpha value is -0.930. The molecule has 2 atom stereocenters. The van der Waals surface area contributed by atoms with Crippen molar-refractivity contribution in [2.45, 2.75) is 44.8 Å². The molecule has 2 nitrogen and oxygen atoms in total. The van der Waals surface area contributed by atoms with E-state index in [1.54, 1.807) is 12.1 Å². The first-order valence-corrected chi connectivity index (χ1v) is 7.42. The maximum absolute atomic E-state index is 12.9. The summed E-state index contributed by atoms with van der Waals surface area (Å²) in [5, 5.41) is 3.75. The number of piperidine rings is 1. The van der Waals surface area contributed by atoms with Gasteiger partial charge >= 0.3 is 0 Å². The number of nitrogens with one attached hydrogen (secondary N) is 1. The van der Waals surface area contributed by atoms with Gasteiger partial charge in [0.2, 0.25) is 0 Å². The zero-order valence-corrected chi connectivity index (χ0v) is 11.6. The van der Waals surface area contributed by atoms with E-state index in [1.807, 2.05) is 12.1 Å². The number of likely N-dealkylation sites (tertiary alicyclic amines) is 1. The predicted molar refractivity (Wildman–Crippen MR) is 75.4 cm³/mol. The van der Waals surface area contributed by atoms with Crippen LogP contribution in [0.1, 0.15) is 31.7 Å². The molecule has 0 radical (unpaired) electrons. The second kappa shape index (κ2) is 5.59. The summed E-state index contributed by atoms with van der Waals surface area (Å²) in [6.45, 7) is 5.55. The maximum Gasteiger partial charge on any atom is 0.123 e. The van der Waals surface area contributed by atoms with Crippen molar-refractivity contribution in [3.05, 3.63) is 35.6 Å². The van der Waals surface area contributed by atoms with Crippen LogP contribution in [0.2, 0.25) is 0 Å². The molecule has 1 aliphatic carbocycles. The van der Waals surface area contributed by atoms with E-state index in [0.29, 0.717) is 6.04 Å². The van der Waals surface area contributed by atoms with Crippen molar-refractivity contribution >= 4 is 0 Å². The lowest BCUT2D eigenvalue weighted by Gasteiger charge is -2.37. The van der Waals surface area contributed by atoms with E-state index in [9.17, 15) is 4.39 Å². The third kappa shape index (κ3) is 3.77. The first kappa shape index (κ1) is 13.1. The monoisotopic (exact) mass is 262 g/mol. The average Bonchev–Trinajstić information content (AvgIpc) is 3.15. The van der Waals surface area contributed by atoms with Crippen LogP contribution in [0.15, 0.2) is 24.3 Å². The average molecular weight is 262 g/mol. The normalized spacial score (nSPS) is 28.5. The molecule has 2 unspecified atom stereocenters. The van der Waals surface area contributed by atoms with Crippen molar-refractivity contribution in [1.29, 1.82) is 0 Å². The standard InChI is InChI=1S/C16H23FN2/c1-12-8-16(18-15-6-7-15)11-19(9-12)10-13-2-4-14(17)5-3-13/h2-5,12,15-16,18H,6-11H2,1H3. The topological polar surface area (TPSA) is 15.3 Å². The predicted octanol–water partition coefficient (Wildman–Crippen LogP) is 2.79. The van der Waals surface area contributed by atoms with Crippen LogP contribution in [0, 0.1) is 11.7 Å². The smallest absolute Gasteiger partial charge is 0.123 e. The van der Waals surface area contributed by atoms with Crippen LogP contribution in [-0.4, -0.2) is 30.1 Å². The molecule has 19 heavy (non-hydrogen) atoms.